The van der Waals surface area contributed by atoms with Gasteiger partial charge in [-0.1, -0.05) is 48.9 Å². The fourth-order valence-electron chi connectivity index (χ4n) is 5.74. The molecule has 1 aromatic rings. The van der Waals surface area contributed by atoms with Gasteiger partial charge in [-0.3, -0.25) is 0 Å². The van der Waals surface area contributed by atoms with Crippen molar-refractivity contribution < 1.29 is 42.5 Å². The molecular formula is C29H42O9Si. The Bertz CT molecular complexity index is 1080. The number of benzene rings is 1. The molecule has 2 aliphatic rings. The minimum Gasteiger partial charge on any atom is -0.467 e. The van der Waals surface area contributed by atoms with Gasteiger partial charge in [0.1, 0.15) is 0 Å². The molecule has 0 N–H and O–H groups in total. The molecule has 39 heavy (non-hydrogen) atoms. The molecular weight excluding hydrogens is 520 g/mol. The number of rotatable bonds is 11. The van der Waals surface area contributed by atoms with Crippen molar-refractivity contribution in [3.63, 3.8) is 0 Å². The lowest BCUT2D eigenvalue weighted by Crippen LogP contribution is -2.78. The largest absolute Gasteiger partial charge is 0.467 e. The van der Waals surface area contributed by atoms with Gasteiger partial charge in [0.25, 0.3) is 0 Å². The van der Waals surface area contributed by atoms with Crippen LogP contribution < -0.4 is 0 Å². The number of ether oxygens (including phenoxy) is 5. The van der Waals surface area contributed by atoms with E-state index in [4.69, 9.17) is 28.1 Å². The highest BCUT2D eigenvalue weighted by molar-refractivity contribution is 6.70. The molecule has 0 spiro atoms. The Morgan fingerprint density at radius 2 is 1.67 bits per heavy atom. The van der Waals surface area contributed by atoms with Gasteiger partial charge >= 0.3 is 17.9 Å². The minimum atomic E-state index is -2.64. The zero-order valence-corrected chi connectivity index (χ0v) is 25.3. The van der Waals surface area contributed by atoms with E-state index < -0.39 is 49.3 Å². The smallest absolute Gasteiger partial charge is 0.344 e. The van der Waals surface area contributed by atoms with Crippen molar-refractivity contribution in [1.82, 2.24) is 0 Å². The van der Waals surface area contributed by atoms with Crippen molar-refractivity contribution in [3.8, 4) is 0 Å². The van der Waals surface area contributed by atoms with E-state index in [9.17, 15) is 14.4 Å². The van der Waals surface area contributed by atoms with Gasteiger partial charge in [0, 0.05) is 12.8 Å². The fourth-order valence-corrected chi connectivity index (χ4v) is 7.06. The third-order valence-corrected chi connectivity index (χ3v) is 8.21. The first-order chi connectivity index (χ1) is 18.3. The quantitative estimate of drug-likeness (QED) is 0.168. The van der Waals surface area contributed by atoms with Crippen LogP contribution in [-0.2, 0) is 48.9 Å². The second-order valence-corrected chi connectivity index (χ2v) is 15.9. The van der Waals surface area contributed by atoms with E-state index in [1.54, 1.807) is 0 Å². The maximum atomic E-state index is 13.5. The van der Waals surface area contributed by atoms with Gasteiger partial charge in [0.2, 0.25) is 17.3 Å². The number of allylic oxidation sites excluding steroid dienone is 2. The van der Waals surface area contributed by atoms with Gasteiger partial charge in [0.15, 0.2) is 14.1 Å². The average Bonchev–Trinajstić information content (AvgIpc) is 3.24. The van der Waals surface area contributed by atoms with Gasteiger partial charge in [-0.2, -0.15) is 0 Å². The summed E-state index contributed by atoms with van der Waals surface area (Å²) >= 11 is 0. The lowest BCUT2D eigenvalue weighted by molar-refractivity contribution is -0.359. The van der Waals surface area contributed by atoms with E-state index in [0.29, 0.717) is 18.8 Å². The van der Waals surface area contributed by atoms with Crippen LogP contribution in [0.2, 0.25) is 19.6 Å². The molecule has 2 bridgehead atoms. The second kappa shape index (κ2) is 11.9. The number of esters is 3. The molecule has 0 aliphatic carbocycles. The van der Waals surface area contributed by atoms with Crippen LogP contribution in [0.4, 0.5) is 0 Å². The summed E-state index contributed by atoms with van der Waals surface area (Å²) in [6.45, 7) is 9.69. The maximum absolute atomic E-state index is 13.5. The van der Waals surface area contributed by atoms with Gasteiger partial charge in [-0.25, -0.2) is 14.4 Å². The van der Waals surface area contributed by atoms with E-state index in [2.05, 4.69) is 25.1 Å². The van der Waals surface area contributed by atoms with Crippen LogP contribution in [0.25, 0.3) is 0 Å². The van der Waals surface area contributed by atoms with Gasteiger partial charge in [-0.15, -0.1) is 0 Å². The molecule has 0 saturated carbocycles. The van der Waals surface area contributed by atoms with Gasteiger partial charge in [-0.05, 0) is 57.3 Å². The second-order valence-electron chi connectivity index (χ2n) is 11.5. The number of hydrogen-bond donors (Lipinski definition) is 0. The Labute approximate surface area is 232 Å². The molecule has 0 radical (unpaired) electrons. The molecule has 1 aromatic carbocycles. The van der Waals surface area contributed by atoms with Gasteiger partial charge in [0.05, 0.1) is 21.3 Å². The van der Waals surface area contributed by atoms with Gasteiger partial charge < -0.3 is 28.1 Å². The van der Waals surface area contributed by atoms with Crippen LogP contribution >= 0.6 is 0 Å². The van der Waals surface area contributed by atoms with Crippen molar-refractivity contribution in [3.05, 3.63) is 47.5 Å². The third kappa shape index (κ3) is 6.14. The highest BCUT2D eigenvalue weighted by Crippen LogP contribution is 2.57. The highest BCUT2D eigenvalue weighted by Gasteiger charge is 2.80. The summed E-state index contributed by atoms with van der Waals surface area (Å²) < 4.78 is 34.5. The molecule has 9 nitrogen and oxygen atoms in total. The third-order valence-electron chi connectivity index (χ3n) is 7.28. The first kappa shape index (κ1) is 31.0. The van der Waals surface area contributed by atoms with E-state index in [-0.39, 0.29) is 12.8 Å². The topological polar surface area (TPSA) is 107 Å². The van der Waals surface area contributed by atoms with Crippen molar-refractivity contribution in [1.29, 1.82) is 0 Å². The monoisotopic (exact) mass is 562 g/mol. The van der Waals surface area contributed by atoms with E-state index in [1.165, 1.54) is 26.9 Å². The summed E-state index contributed by atoms with van der Waals surface area (Å²) in [6.07, 6.45) is 2.74. The van der Waals surface area contributed by atoms with Crippen molar-refractivity contribution in [2.24, 2.45) is 5.92 Å². The van der Waals surface area contributed by atoms with Crippen LogP contribution in [0, 0.1) is 5.92 Å². The summed E-state index contributed by atoms with van der Waals surface area (Å²) in [7, 11) is 0.928. The Kier molecular flexibility index (Phi) is 9.47. The number of fused-ring (bicyclic) bond motifs is 2. The highest BCUT2D eigenvalue weighted by atomic mass is 28.4. The molecule has 216 valence electrons. The maximum Gasteiger partial charge on any atom is 0.344 e. The van der Waals surface area contributed by atoms with E-state index in [1.807, 2.05) is 44.8 Å². The first-order valence-electron chi connectivity index (χ1n) is 13.3. The normalized spacial score (nSPS) is 29.4. The SMILES string of the molecule is COC(=O)C1OC2(CC/C(C)=C/[C@H](C)Cc3ccccc3)CCC(C(=O)OC)(O2)C1(O[Si](C)(C)C)C(=O)OC. The Balaban J connectivity index is 1.97. The zero-order chi connectivity index (χ0) is 29.1. The number of methoxy groups -OCH3 is 3. The molecule has 3 rings (SSSR count). The standard InChI is InChI=1S/C29H42O9Si/c1-20(18-21(2)19-22-12-10-9-11-13-22)14-15-27-16-17-28(37-27,25(31)34-4)29(26(32)35-5,38-39(6,7)8)23(36-27)24(30)33-3/h9-13,18,21,23H,14-17,19H2,1-8H3/b20-18+/t21-,23?,27?,28?,29?/m0/s1. The van der Waals surface area contributed by atoms with E-state index >= 15 is 0 Å². The molecule has 2 heterocycles. The summed E-state index contributed by atoms with van der Waals surface area (Å²) in [5.74, 6) is -3.66. The van der Waals surface area contributed by atoms with E-state index in [0.717, 1.165) is 12.0 Å². The molecule has 0 aromatic heterocycles. The van der Waals surface area contributed by atoms with Crippen molar-refractivity contribution >= 4 is 26.2 Å². The molecule has 0 amide bonds. The molecule has 4 unspecified atom stereocenters. The van der Waals surface area contributed by atoms with Crippen molar-refractivity contribution in [2.45, 2.75) is 88.7 Å². The van der Waals surface area contributed by atoms with Crippen molar-refractivity contribution in [2.75, 3.05) is 21.3 Å². The minimum absolute atomic E-state index is 0.0416. The lowest BCUT2D eigenvalue weighted by atomic mass is 9.76. The van der Waals surface area contributed by atoms with Crippen LogP contribution in [0.1, 0.15) is 45.1 Å². The molecule has 5 atom stereocenters. The summed E-state index contributed by atoms with van der Waals surface area (Å²) in [4.78, 5) is 40.3. The molecule has 2 fully saturated rings. The Morgan fingerprint density at radius 1 is 1.03 bits per heavy atom. The number of hydrogen-bond acceptors (Lipinski definition) is 9. The van der Waals surface area contributed by atoms with Crippen LogP contribution in [0.5, 0.6) is 0 Å². The number of carbonyl (C=O) groups excluding carboxylic acids is 3. The molecule has 2 saturated heterocycles. The molecule has 2 aliphatic heterocycles. The number of carbonyl (C=O) groups is 3. The molecule has 10 heteroatoms. The van der Waals surface area contributed by atoms with Crippen LogP contribution in [0.3, 0.4) is 0 Å². The lowest BCUT2D eigenvalue weighted by Gasteiger charge is -2.53. The first-order valence-corrected chi connectivity index (χ1v) is 16.7. The average molecular weight is 563 g/mol. The summed E-state index contributed by atoms with van der Waals surface area (Å²) in [5.41, 5.74) is -1.81. The zero-order valence-electron chi connectivity index (χ0n) is 24.3. The van der Waals surface area contributed by atoms with Crippen LogP contribution in [-0.4, -0.2) is 70.6 Å². The predicted molar refractivity (Wildman–Crippen MR) is 146 cm³/mol. The Hall–Kier alpha value is -2.53. The van der Waals surface area contributed by atoms with Crippen LogP contribution in [0.15, 0.2) is 42.0 Å². The fraction of sp³-hybridized carbons (Fsp3) is 0.621. The summed E-state index contributed by atoms with van der Waals surface area (Å²) in [6, 6.07) is 10.3. The predicted octanol–water partition coefficient (Wildman–Crippen LogP) is 4.35. The summed E-state index contributed by atoms with van der Waals surface area (Å²) in [5, 5.41) is 0. The Morgan fingerprint density at radius 3 is 2.23 bits per heavy atom.